The van der Waals surface area contributed by atoms with Gasteiger partial charge in [-0.1, -0.05) is 0 Å². The van der Waals surface area contributed by atoms with E-state index >= 15 is 0 Å². The van der Waals surface area contributed by atoms with Gasteiger partial charge in [0.15, 0.2) is 0 Å². The molecular weight excluding hydrogens is 292 g/mol. The molecule has 0 aliphatic heterocycles. The van der Waals surface area contributed by atoms with E-state index in [1.165, 1.54) is 17.5 Å². The van der Waals surface area contributed by atoms with Crippen molar-refractivity contribution in [1.82, 2.24) is 10.3 Å². The van der Waals surface area contributed by atoms with Crippen LogP contribution in [0.5, 0.6) is 0 Å². The van der Waals surface area contributed by atoms with Crippen molar-refractivity contribution in [3.05, 3.63) is 16.1 Å². The second kappa shape index (κ2) is 7.51. The number of nitrogens with zero attached hydrogens (tertiary/aromatic N) is 1. The Balaban J connectivity index is 2.65. The summed E-state index contributed by atoms with van der Waals surface area (Å²) in [4.78, 5) is 27.5. The number of hydrogen-bond donors (Lipinski definition) is 2. The molecule has 0 aromatic carbocycles. The van der Waals surface area contributed by atoms with E-state index in [4.69, 9.17) is 9.84 Å². The maximum absolute atomic E-state index is 12.2. The first-order valence-electron chi connectivity index (χ1n) is 6.87. The maximum atomic E-state index is 12.2. The summed E-state index contributed by atoms with van der Waals surface area (Å²) in [7, 11) is 0. The summed E-state index contributed by atoms with van der Waals surface area (Å²) in [6.07, 6.45) is 1.78. The van der Waals surface area contributed by atoms with E-state index in [0.717, 1.165) is 5.01 Å². The Morgan fingerprint density at radius 1 is 1.52 bits per heavy atom. The van der Waals surface area contributed by atoms with Crippen LogP contribution < -0.4 is 5.32 Å². The highest BCUT2D eigenvalue weighted by atomic mass is 32.1. The quantitative estimate of drug-likeness (QED) is 0.770. The van der Waals surface area contributed by atoms with Gasteiger partial charge in [0, 0.05) is 18.6 Å². The number of hydrogen-bond acceptors (Lipinski definition) is 5. The molecule has 0 radical (unpaired) electrons. The summed E-state index contributed by atoms with van der Waals surface area (Å²) in [6, 6.07) is 0. The van der Waals surface area contributed by atoms with Gasteiger partial charge in [-0.2, -0.15) is 0 Å². The first-order valence-corrected chi connectivity index (χ1v) is 7.68. The number of aromatic nitrogens is 1. The minimum absolute atomic E-state index is 0.0165. The minimum Gasteiger partial charge on any atom is -0.481 e. The molecule has 1 aromatic rings. The van der Waals surface area contributed by atoms with Gasteiger partial charge in [-0.05, 0) is 34.1 Å². The predicted octanol–water partition coefficient (Wildman–Crippen LogP) is 2.61. The van der Waals surface area contributed by atoms with Gasteiger partial charge in [0.05, 0.1) is 6.20 Å². The van der Waals surface area contributed by atoms with Gasteiger partial charge >= 0.3 is 5.97 Å². The van der Waals surface area contributed by atoms with Crippen LogP contribution in [0.2, 0.25) is 0 Å². The fourth-order valence-electron chi connectivity index (χ4n) is 1.75. The van der Waals surface area contributed by atoms with Crippen LogP contribution in [0.25, 0.3) is 0 Å². The number of carboxylic acid groups (broad SMARTS) is 1. The molecule has 118 valence electrons. The molecular formula is C14H22N2O4S. The third kappa shape index (κ3) is 5.81. The van der Waals surface area contributed by atoms with Gasteiger partial charge in [-0.15, -0.1) is 11.3 Å². The number of carbonyl (C=O) groups is 2. The zero-order valence-corrected chi connectivity index (χ0v) is 13.6. The second-order valence-electron chi connectivity index (χ2n) is 5.39. The van der Waals surface area contributed by atoms with Crippen molar-refractivity contribution in [3.8, 4) is 0 Å². The van der Waals surface area contributed by atoms with E-state index < -0.39 is 11.5 Å². The first-order chi connectivity index (χ1) is 9.75. The number of aliphatic carboxylic acids is 1. The van der Waals surface area contributed by atoms with Gasteiger partial charge in [0.2, 0.25) is 0 Å². The van der Waals surface area contributed by atoms with Gasteiger partial charge in [0.25, 0.3) is 5.91 Å². The number of nitrogens with one attached hydrogen (secondary N) is 1. The fraction of sp³-hybridized carbons (Fsp3) is 0.643. The number of thiazole rings is 1. The SMILES string of the molecule is CCOC(C)c1ncc(C(=O)NC(C)(C)CCC(=O)O)s1. The van der Waals surface area contributed by atoms with Gasteiger partial charge < -0.3 is 15.2 Å². The third-order valence-electron chi connectivity index (χ3n) is 2.93. The standard InChI is InChI=1S/C14H22N2O4S/c1-5-20-9(2)13-15-8-10(21-13)12(19)16-14(3,4)7-6-11(17)18/h8-9H,5-7H2,1-4H3,(H,16,19)(H,17,18). The largest absolute Gasteiger partial charge is 0.481 e. The lowest BCUT2D eigenvalue weighted by molar-refractivity contribution is -0.137. The van der Waals surface area contributed by atoms with E-state index in [1.807, 2.05) is 13.8 Å². The molecule has 2 N–H and O–H groups in total. The Bertz CT molecular complexity index is 499. The van der Waals surface area contributed by atoms with Crippen LogP contribution in [0.1, 0.15) is 61.3 Å². The van der Waals surface area contributed by atoms with Gasteiger partial charge in [0.1, 0.15) is 16.0 Å². The Labute approximate surface area is 128 Å². The molecule has 1 heterocycles. The molecule has 7 heteroatoms. The van der Waals surface area contributed by atoms with E-state index in [0.29, 0.717) is 17.9 Å². The molecule has 0 bridgehead atoms. The van der Waals surface area contributed by atoms with Crippen LogP contribution in [0, 0.1) is 0 Å². The van der Waals surface area contributed by atoms with Crippen LogP contribution in [-0.4, -0.2) is 34.1 Å². The van der Waals surface area contributed by atoms with E-state index in [-0.39, 0.29) is 18.4 Å². The van der Waals surface area contributed by atoms with Crippen molar-refractivity contribution in [2.75, 3.05) is 6.61 Å². The van der Waals surface area contributed by atoms with E-state index in [2.05, 4.69) is 10.3 Å². The lowest BCUT2D eigenvalue weighted by Gasteiger charge is -2.25. The molecule has 1 aromatic heterocycles. The van der Waals surface area contributed by atoms with Crippen molar-refractivity contribution in [3.63, 3.8) is 0 Å². The van der Waals surface area contributed by atoms with E-state index in [1.54, 1.807) is 13.8 Å². The van der Waals surface area contributed by atoms with E-state index in [9.17, 15) is 9.59 Å². The molecule has 0 aliphatic carbocycles. The smallest absolute Gasteiger partial charge is 0.303 e. The Kier molecular flexibility index (Phi) is 6.29. The highest BCUT2D eigenvalue weighted by Crippen LogP contribution is 2.23. The molecule has 0 saturated carbocycles. The average Bonchev–Trinajstić information content (AvgIpc) is 2.86. The fourth-order valence-corrected chi connectivity index (χ4v) is 2.57. The van der Waals surface area contributed by atoms with Gasteiger partial charge in [-0.3, -0.25) is 9.59 Å². The monoisotopic (exact) mass is 314 g/mol. The molecule has 1 rings (SSSR count). The summed E-state index contributed by atoms with van der Waals surface area (Å²) < 4.78 is 5.44. The number of carbonyl (C=O) groups excluding carboxylic acids is 1. The number of rotatable bonds is 8. The zero-order valence-electron chi connectivity index (χ0n) is 12.8. The van der Waals surface area contributed by atoms with Crippen molar-refractivity contribution in [1.29, 1.82) is 0 Å². The third-order valence-corrected chi connectivity index (χ3v) is 4.08. The highest BCUT2D eigenvalue weighted by molar-refractivity contribution is 7.13. The summed E-state index contributed by atoms with van der Waals surface area (Å²) in [5.41, 5.74) is -0.578. The zero-order chi connectivity index (χ0) is 16.0. The molecule has 0 saturated heterocycles. The number of ether oxygens (including phenoxy) is 1. The average molecular weight is 314 g/mol. The summed E-state index contributed by atoms with van der Waals surface area (Å²) in [5.74, 6) is -1.11. The Hall–Kier alpha value is -1.47. The molecule has 1 amide bonds. The Morgan fingerprint density at radius 3 is 2.76 bits per heavy atom. The molecule has 6 nitrogen and oxygen atoms in total. The van der Waals surface area contributed by atoms with Gasteiger partial charge in [-0.25, -0.2) is 4.98 Å². The van der Waals surface area contributed by atoms with Crippen LogP contribution in [-0.2, 0) is 9.53 Å². The van der Waals surface area contributed by atoms with Crippen LogP contribution in [0.4, 0.5) is 0 Å². The van der Waals surface area contributed by atoms with Crippen LogP contribution in [0.15, 0.2) is 6.20 Å². The molecule has 21 heavy (non-hydrogen) atoms. The Morgan fingerprint density at radius 2 is 2.19 bits per heavy atom. The van der Waals surface area contributed by atoms with Crippen LogP contribution in [0.3, 0.4) is 0 Å². The molecule has 1 unspecified atom stereocenters. The maximum Gasteiger partial charge on any atom is 0.303 e. The summed E-state index contributed by atoms with van der Waals surface area (Å²) in [5, 5.41) is 12.3. The second-order valence-corrected chi connectivity index (χ2v) is 6.45. The van der Waals surface area contributed by atoms with Crippen molar-refractivity contribution in [2.45, 2.75) is 52.2 Å². The molecule has 1 atom stereocenters. The van der Waals surface area contributed by atoms with Crippen molar-refractivity contribution in [2.24, 2.45) is 0 Å². The minimum atomic E-state index is -0.872. The van der Waals surface area contributed by atoms with Crippen molar-refractivity contribution >= 4 is 23.2 Å². The normalized spacial score (nSPS) is 13.0. The number of amides is 1. The lowest BCUT2D eigenvalue weighted by atomic mass is 9.98. The number of carboxylic acids is 1. The molecule has 0 aliphatic rings. The van der Waals surface area contributed by atoms with Crippen LogP contribution >= 0.6 is 11.3 Å². The first kappa shape index (κ1) is 17.6. The topological polar surface area (TPSA) is 88.5 Å². The summed E-state index contributed by atoms with van der Waals surface area (Å²) >= 11 is 1.29. The highest BCUT2D eigenvalue weighted by Gasteiger charge is 2.24. The molecule has 0 spiro atoms. The summed E-state index contributed by atoms with van der Waals surface area (Å²) in [6.45, 7) is 7.99. The molecule has 0 fully saturated rings. The lowest BCUT2D eigenvalue weighted by Crippen LogP contribution is -2.43. The van der Waals surface area contributed by atoms with Crippen molar-refractivity contribution < 1.29 is 19.4 Å². The predicted molar refractivity (Wildman–Crippen MR) is 80.6 cm³/mol.